The maximum absolute atomic E-state index is 5.96. The second kappa shape index (κ2) is 6.92. The van der Waals surface area contributed by atoms with Gasteiger partial charge in [0.1, 0.15) is 12.4 Å². The summed E-state index contributed by atoms with van der Waals surface area (Å²) >= 11 is 0. The van der Waals surface area contributed by atoms with Gasteiger partial charge in [0.2, 0.25) is 0 Å². The van der Waals surface area contributed by atoms with Crippen molar-refractivity contribution in [1.82, 2.24) is 0 Å². The molecule has 2 rings (SSSR count). The van der Waals surface area contributed by atoms with E-state index < -0.39 is 0 Å². The lowest BCUT2D eigenvalue weighted by molar-refractivity contribution is 0.302. The fourth-order valence-electron chi connectivity index (χ4n) is 2.24. The van der Waals surface area contributed by atoms with Crippen LogP contribution in [0.4, 0.5) is 0 Å². The number of ether oxygens (including phenoxy) is 1. The second-order valence-electron chi connectivity index (χ2n) is 4.90. The number of hydrogen-bond donors (Lipinski definition) is 1. The number of rotatable bonds is 5. The van der Waals surface area contributed by atoms with Gasteiger partial charge in [0.15, 0.2) is 0 Å². The summed E-state index contributed by atoms with van der Waals surface area (Å²) in [5.74, 6) is 0.971. The molecule has 0 aliphatic rings. The molecule has 2 aromatic rings. The van der Waals surface area contributed by atoms with E-state index in [2.05, 4.69) is 38.1 Å². The van der Waals surface area contributed by atoms with Crippen molar-refractivity contribution in [3.05, 3.63) is 70.8 Å². The van der Waals surface area contributed by atoms with Crippen molar-refractivity contribution in [2.45, 2.75) is 20.5 Å². The van der Waals surface area contributed by atoms with Gasteiger partial charge in [-0.3, -0.25) is 0 Å². The van der Waals surface area contributed by atoms with Gasteiger partial charge < -0.3 is 10.5 Å². The average Bonchev–Trinajstić information content (AvgIpc) is 2.45. The molecule has 20 heavy (non-hydrogen) atoms. The van der Waals surface area contributed by atoms with E-state index in [0.29, 0.717) is 13.2 Å². The molecule has 0 aromatic heterocycles. The highest BCUT2D eigenvalue weighted by molar-refractivity contribution is 5.56. The predicted molar refractivity (Wildman–Crippen MR) is 84.8 cm³/mol. The van der Waals surface area contributed by atoms with E-state index in [1.807, 2.05) is 30.4 Å². The highest BCUT2D eigenvalue weighted by Crippen LogP contribution is 2.26. The first-order chi connectivity index (χ1) is 9.70. The van der Waals surface area contributed by atoms with Crippen LogP contribution in [0, 0.1) is 13.8 Å². The second-order valence-corrected chi connectivity index (χ2v) is 4.90. The quantitative estimate of drug-likeness (QED) is 0.893. The molecule has 0 heterocycles. The third kappa shape index (κ3) is 3.72. The summed E-state index contributed by atoms with van der Waals surface area (Å²) < 4.78 is 5.96. The molecule has 0 aliphatic carbocycles. The molecule has 0 saturated carbocycles. The lowest BCUT2D eigenvalue weighted by Crippen LogP contribution is -1.99. The van der Waals surface area contributed by atoms with Crippen molar-refractivity contribution in [3.63, 3.8) is 0 Å². The molecular weight excluding hydrogens is 246 g/mol. The van der Waals surface area contributed by atoms with E-state index in [0.717, 1.165) is 22.4 Å². The van der Waals surface area contributed by atoms with Gasteiger partial charge in [0, 0.05) is 6.54 Å². The molecule has 0 bridgehead atoms. The number of nitrogens with two attached hydrogens (primary N) is 1. The van der Waals surface area contributed by atoms with Gasteiger partial charge in [-0.2, -0.15) is 0 Å². The Labute approximate surface area is 120 Å². The average molecular weight is 267 g/mol. The normalized spacial score (nSPS) is 10.9. The first-order valence-corrected chi connectivity index (χ1v) is 6.85. The van der Waals surface area contributed by atoms with E-state index in [1.54, 1.807) is 0 Å². The zero-order valence-electron chi connectivity index (χ0n) is 12.1. The Kier molecular flexibility index (Phi) is 4.97. The summed E-state index contributed by atoms with van der Waals surface area (Å²) in [5.41, 5.74) is 10.1. The SMILES string of the molecule is Cc1cc(/C=C/CN)cc(C)c1OCc1ccccc1. The molecule has 0 unspecified atom stereocenters. The Bertz CT molecular complexity index is 565. The first kappa shape index (κ1) is 14.4. The molecule has 2 N–H and O–H groups in total. The van der Waals surface area contributed by atoms with Crippen LogP contribution in [0.1, 0.15) is 22.3 Å². The zero-order chi connectivity index (χ0) is 14.4. The van der Waals surface area contributed by atoms with Crippen LogP contribution in [0.5, 0.6) is 5.75 Å². The molecule has 2 heteroatoms. The Balaban J connectivity index is 2.14. The van der Waals surface area contributed by atoms with Gasteiger partial charge in [-0.25, -0.2) is 0 Å². The van der Waals surface area contributed by atoms with Crippen LogP contribution in [0.15, 0.2) is 48.5 Å². The third-order valence-corrected chi connectivity index (χ3v) is 3.16. The van der Waals surface area contributed by atoms with Gasteiger partial charge in [-0.1, -0.05) is 42.5 Å². The largest absolute Gasteiger partial charge is 0.488 e. The summed E-state index contributed by atoms with van der Waals surface area (Å²) in [6.07, 6.45) is 4.00. The minimum atomic E-state index is 0.560. The zero-order valence-corrected chi connectivity index (χ0v) is 12.1. The molecule has 2 nitrogen and oxygen atoms in total. The van der Waals surface area contributed by atoms with Crippen molar-refractivity contribution in [2.24, 2.45) is 5.73 Å². The molecule has 0 spiro atoms. The third-order valence-electron chi connectivity index (χ3n) is 3.16. The van der Waals surface area contributed by atoms with Crippen LogP contribution in [0.3, 0.4) is 0 Å². The molecule has 2 aromatic carbocycles. The van der Waals surface area contributed by atoms with Crippen LogP contribution >= 0.6 is 0 Å². The van der Waals surface area contributed by atoms with E-state index in [4.69, 9.17) is 10.5 Å². The summed E-state index contributed by atoms with van der Waals surface area (Å²) in [6.45, 7) is 5.31. The van der Waals surface area contributed by atoms with Crippen molar-refractivity contribution >= 4 is 6.08 Å². The van der Waals surface area contributed by atoms with Crippen LogP contribution in [0.2, 0.25) is 0 Å². The lowest BCUT2D eigenvalue weighted by atomic mass is 10.1. The van der Waals surface area contributed by atoms with Crippen molar-refractivity contribution in [1.29, 1.82) is 0 Å². The lowest BCUT2D eigenvalue weighted by Gasteiger charge is -2.13. The molecule has 0 saturated heterocycles. The Morgan fingerprint density at radius 3 is 2.30 bits per heavy atom. The van der Waals surface area contributed by atoms with Gasteiger partial charge in [-0.15, -0.1) is 0 Å². The number of benzene rings is 2. The van der Waals surface area contributed by atoms with Gasteiger partial charge in [0.05, 0.1) is 0 Å². The maximum atomic E-state index is 5.96. The Morgan fingerprint density at radius 1 is 1.05 bits per heavy atom. The van der Waals surface area contributed by atoms with Crippen LogP contribution in [-0.4, -0.2) is 6.54 Å². The van der Waals surface area contributed by atoms with Gasteiger partial charge >= 0.3 is 0 Å². The van der Waals surface area contributed by atoms with E-state index in [1.165, 1.54) is 5.56 Å². The molecule has 104 valence electrons. The summed E-state index contributed by atoms with van der Waals surface area (Å²) in [6, 6.07) is 14.5. The molecule has 0 aliphatic heterocycles. The maximum Gasteiger partial charge on any atom is 0.125 e. The standard InChI is InChI=1S/C18H21NO/c1-14-11-17(9-6-10-19)12-15(2)18(14)20-13-16-7-4-3-5-8-16/h3-9,11-12H,10,13,19H2,1-2H3/b9-6+. The predicted octanol–water partition coefficient (Wildman–Crippen LogP) is 3.85. The molecule has 0 radical (unpaired) electrons. The van der Waals surface area contributed by atoms with Crippen LogP contribution in [-0.2, 0) is 6.61 Å². The van der Waals surface area contributed by atoms with Gasteiger partial charge in [-0.05, 0) is 48.2 Å². The summed E-state index contributed by atoms with van der Waals surface area (Å²) in [5, 5.41) is 0. The van der Waals surface area contributed by atoms with Crippen LogP contribution < -0.4 is 10.5 Å². The van der Waals surface area contributed by atoms with Crippen molar-refractivity contribution in [3.8, 4) is 5.75 Å². The topological polar surface area (TPSA) is 35.2 Å². The van der Waals surface area contributed by atoms with Crippen LogP contribution in [0.25, 0.3) is 6.08 Å². The van der Waals surface area contributed by atoms with E-state index >= 15 is 0 Å². The highest BCUT2D eigenvalue weighted by atomic mass is 16.5. The highest BCUT2D eigenvalue weighted by Gasteiger charge is 2.05. The molecule has 0 amide bonds. The number of aryl methyl sites for hydroxylation is 2. The van der Waals surface area contributed by atoms with Crippen molar-refractivity contribution < 1.29 is 4.74 Å². The molecule has 0 fully saturated rings. The van der Waals surface area contributed by atoms with Gasteiger partial charge in [0.25, 0.3) is 0 Å². The summed E-state index contributed by atoms with van der Waals surface area (Å²) in [7, 11) is 0. The summed E-state index contributed by atoms with van der Waals surface area (Å²) in [4.78, 5) is 0. The Morgan fingerprint density at radius 2 is 1.70 bits per heavy atom. The molecular formula is C18H21NO. The number of hydrogen-bond acceptors (Lipinski definition) is 2. The van der Waals surface area contributed by atoms with Crippen molar-refractivity contribution in [2.75, 3.05) is 6.54 Å². The fourth-order valence-corrected chi connectivity index (χ4v) is 2.24. The molecule has 0 atom stereocenters. The minimum Gasteiger partial charge on any atom is -0.488 e. The fraction of sp³-hybridized carbons (Fsp3) is 0.222. The smallest absolute Gasteiger partial charge is 0.125 e. The Hall–Kier alpha value is -2.06. The van der Waals surface area contributed by atoms with E-state index in [9.17, 15) is 0 Å². The first-order valence-electron chi connectivity index (χ1n) is 6.85. The monoisotopic (exact) mass is 267 g/mol. The van der Waals surface area contributed by atoms with E-state index in [-0.39, 0.29) is 0 Å². The minimum absolute atomic E-state index is 0.560.